The first-order chi connectivity index (χ1) is 15.7. The number of benzene rings is 1. The van der Waals surface area contributed by atoms with Crippen molar-refractivity contribution < 1.29 is 9.53 Å². The molecule has 7 nitrogen and oxygen atoms in total. The van der Waals surface area contributed by atoms with Crippen LogP contribution in [0, 0.1) is 13.8 Å². The molecule has 33 heavy (non-hydrogen) atoms. The van der Waals surface area contributed by atoms with Gasteiger partial charge in [0.25, 0.3) is 0 Å². The molecule has 1 fully saturated rings. The van der Waals surface area contributed by atoms with Crippen molar-refractivity contribution in [2.24, 2.45) is 0 Å². The molecule has 1 saturated heterocycles. The molecule has 1 aliphatic heterocycles. The summed E-state index contributed by atoms with van der Waals surface area (Å²) in [6.07, 6.45) is 3.43. The zero-order chi connectivity index (χ0) is 23.6. The van der Waals surface area contributed by atoms with Crippen LogP contribution in [-0.2, 0) is 11.3 Å². The van der Waals surface area contributed by atoms with E-state index in [2.05, 4.69) is 62.9 Å². The van der Waals surface area contributed by atoms with Crippen LogP contribution in [0.3, 0.4) is 0 Å². The monoisotopic (exact) mass is 449 g/mol. The summed E-state index contributed by atoms with van der Waals surface area (Å²) in [7, 11) is 0. The van der Waals surface area contributed by atoms with Crippen molar-refractivity contribution in [1.29, 1.82) is 0 Å². The van der Waals surface area contributed by atoms with E-state index in [1.54, 1.807) is 6.33 Å². The number of piperidine rings is 1. The summed E-state index contributed by atoms with van der Waals surface area (Å²) < 4.78 is 8.65. The number of aromatic nitrogens is 3. The molecule has 0 aliphatic carbocycles. The van der Waals surface area contributed by atoms with Gasteiger partial charge in [0.15, 0.2) is 0 Å². The Balaban J connectivity index is 1.45. The highest BCUT2D eigenvalue weighted by molar-refractivity contribution is 5.86. The van der Waals surface area contributed by atoms with E-state index in [4.69, 9.17) is 4.74 Å². The van der Waals surface area contributed by atoms with Crippen LogP contribution in [0.5, 0.6) is 5.88 Å². The van der Waals surface area contributed by atoms with Crippen molar-refractivity contribution in [3.05, 3.63) is 53.5 Å². The van der Waals surface area contributed by atoms with Crippen molar-refractivity contribution in [2.45, 2.75) is 65.6 Å². The third-order valence-corrected chi connectivity index (χ3v) is 6.25. The molecule has 2 aromatic heterocycles. The van der Waals surface area contributed by atoms with Gasteiger partial charge in [0.2, 0.25) is 11.8 Å². The highest BCUT2D eigenvalue weighted by Gasteiger charge is 2.25. The molecule has 7 heteroatoms. The van der Waals surface area contributed by atoms with Gasteiger partial charge >= 0.3 is 0 Å². The number of hydrogen-bond acceptors (Lipinski definition) is 5. The van der Waals surface area contributed by atoms with E-state index in [-0.39, 0.29) is 17.6 Å². The molecule has 3 aromatic rings. The quantitative estimate of drug-likeness (QED) is 0.619. The Morgan fingerprint density at radius 3 is 2.48 bits per heavy atom. The lowest BCUT2D eigenvalue weighted by atomic mass is 10.1. The standard InChI is InChI=1S/C26H35N5O2/c1-18-19(2)31(15-20-9-7-6-8-10-20)24-23(18)25(28-17-27-24)33-21-11-13-30(14-12-21)16-22(32)29-26(3,4)5/h6-10,17,21H,11-16H2,1-5H3,(H,29,32). The van der Waals surface area contributed by atoms with E-state index < -0.39 is 0 Å². The van der Waals surface area contributed by atoms with Crippen molar-refractivity contribution >= 4 is 16.9 Å². The van der Waals surface area contributed by atoms with E-state index in [9.17, 15) is 4.79 Å². The van der Waals surface area contributed by atoms with Crippen LogP contribution in [0.1, 0.15) is 50.4 Å². The number of ether oxygens (including phenoxy) is 1. The molecule has 176 valence electrons. The summed E-state index contributed by atoms with van der Waals surface area (Å²) in [6.45, 7) is 13.1. The molecule has 0 spiro atoms. The van der Waals surface area contributed by atoms with E-state index in [0.29, 0.717) is 12.4 Å². The molecule has 1 aliphatic rings. The topological polar surface area (TPSA) is 72.3 Å². The molecule has 4 rings (SSSR count). The largest absolute Gasteiger partial charge is 0.474 e. The van der Waals surface area contributed by atoms with Crippen LogP contribution in [0.4, 0.5) is 0 Å². The highest BCUT2D eigenvalue weighted by atomic mass is 16.5. The third-order valence-electron chi connectivity index (χ3n) is 6.25. The van der Waals surface area contributed by atoms with Gasteiger partial charge < -0.3 is 14.6 Å². The molecule has 1 amide bonds. The van der Waals surface area contributed by atoms with Crippen LogP contribution in [-0.4, -0.2) is 56.6 Å². The zero-order valence-electron chi connectivity index (χ0n) is 20.4. The van der Waals surface area contributed by atoms with Crippen LogP contribution in [0.2, 0.25) is 0 Å². The number of likely N-dealkylation sites (tertiary alicyclic amines) is 1. The lowest BCUT2D eigenvalue weighted by Gasteiger charge is -2.32. The maximum atomic E-state index is 12.2. The average Bonchev–Trinajstić information content (AvgIpc) is 3.00. The number of fused-ring (bicyclic) bond motifs is 1. The molecule has 1 aromatic carbocycles. The predicted molar refractivity (Wildman–Crippen MR) is 131 cm³/mol. The first-order valence-corrected chi connectivity index (χ1v) is 11.8. The number of nitrogens with zero attached hydrogens (tertiary/aromatic N) is 4. The number of rotatable bonds is 6. The van der Waals surface area contributed by atoms with Gasteiger partial charge in [0.1, 0.15) is 18.1 Å². The van der Waals surface area contributed by atoms with Crippen LogP contribution >= 0.6 is 0 Å². The number of amides is 1. The van der Waals surface area contributed by atoms with Crippen LogP contribution < -0.4 is 10.1 Å². The van der Waals surface area contributed by atoms with Crippen molar-refractivity contribution in [2.75, 3.05) is 19.6 Å². The first kappa shape index (κ1) is 23.2. The van der Waals surface area contributed by atoms with Gasteiger partial charge in [0, 0.05) is 30.9 Å². The highest BCUT2D eigenvalue weighted by Crippen LogP contribution is 2.32. The number of aryl methyl sites for hydroxylation is 1. The molecule has 3 heterocycles. The Bertz CT molecular complexity index is 1110. The number of carbonyl (C=O) groups is 1. The Morgan fingerprint density at radius 2 is 1.82 bits per heavy atom. The average molecular weight is 450 g/mol. The SMILES string of the molecule is Cc1c(C)n(Cc2ccccc2)c2ncnc(OC3CCN(CC(=O)NC(C)(C)C)CC3)c12. The maximum absolute atomic E-state index is 12.2. The molecule has 1 N–H and O–H groups in total. The minimum Gasteiger partial charge on any atom is -0.474 e. The Morgan fingerprint density at radius 1 is 1.12 bits per heavy atom. The second-order valence-electron chi connectivity index (χ2n) is 10.1. The Kier molecular flexibility index (Phi) is 6.70. The van der Waals surface area contributed by atoms with E-state index in [1.165, 1.54) is 11.3 Å². The van der Waals surface area contributed by atoms with Gasteiger partial charge in [-0.05, 0) is 58.6 Å². The van der Waals surface area contributed by atoms with Crippen LogP contribution in [0.15, 0.2) is 36.7 Å². The summed E-state index contributed by atoms with van der Waals surface area (Å²) in [5.41, 5.74) is 4.28. The predicted octanol–water partition coefficient (Wildman–Crippen LogP) is 3.85. The van der Waals surface area contributed by atoms with Gasteiger partial charge in [-0.15, -0.1) is 0 Å². The fourth-order valence-electron chi connectivity index (χ4n) is 4.49. The summed E-state index contributed by atoms with van der Waals surface area (Å²) in [5, 5.41) is 4.04. The molecule has 0 bridgehead atoms. The van der Waals surface area contributed by atoms with Gasteiger partial charge in [-0.1, -0.05) is 30.3 Å². The van der Waals surface area contributed by atoms with Crippen molar-refractivity contribution in [1.82, 2.24) is 24.8 Å². The van der Waals surface area contributed by atoms with Crippen molar-refractivity contribution in [3.63, 3.8) is 0 Å². The normalized spacial score (nSPS) is 15.7. The smallest absolute Gasteiger partial charge is 0.234 e. The lowest BCUT2D eigenvalue weighted by molar-refractivity contribution is -0.124. The summed E-state index contributed by atoms with van der Waals surface area (Å²) in [5.74, 6) is 0.738. The fourth-order valence-corrected chi connectivity index (χ4v) is 4.49. The molecule has 0 saturated carbocycles. The van der Waals surface area contributed by atoms with E-state index in [1.807, 2.05) is 26.8 Å². The Labute approximate surface area is 196 Å². The van der Waals surface area contributed by atoms with Gasteiger partial charge in [-0.25, -0.2) is 9.97 Å². The summed E-state index contributed by atoms with van der Waals surface area (Å²) in [6, 6.07) is 10.4. The zero-order valence-corrected chi connectivity index (χ0v) is 20.4. The molecular weight excluding hydrogens is 414 g/mol. The number of hydrogen-bond donors (Lipinski definition) is 1. The minimum absolute atomic E-state index is 0.0743. The van der Waals surface area contributed by atoms with E-state index >= 15 is 0 Å². The van der Waals surface area contributed by atoms with Crippen molar-refractivity contribution in [3.8, 4) is 5.88 Å². The second-order valence-corrected chi connectivity index (χ2v) is 10.1. The molecule has 0 atom stereocenters. The number of nitrogens with one attached hydrogen (secondary N) is 1. The molecule has 0 radical (unpaired) electrons. The summed E-state index contributed by atoms with van der Waals surface area (Å²) >= 11 is 0. The summed E-state index contributed by atoms with van der Waals surface area (Å²) in [4.78, 5) is 23.6. The second kappa shape index (κ2) is 9.51. The van der Waals surface area contributed by atoms with Gasteiger partial charge in [-0.3, -0.25) is 9.69 Å². The first-order valence-electron chi connectivity index (χ1n) is 11.8. The third kappa shape index (κ3) is 5.53. The number of carbonyl (C=O) groups excluding carboxylic acids is 1. The van der Waals surface area contributed by atoms with Crippen LogP contribution in [0.25, 0.3) is 11.0 Å². The Hall–Kier alpha value is -2.93. The van der Waals surface area contributed by atoms with E-state index in [0.717, 1.165) is 49.1 Å². The minimum atomic E-state index is -0.205. The molecule has 0 unspecified atom stereocenters. The maximum Gasteiger partial charge on any atom is 0.234 e. The van der Waals surface area contributed by atoms with Gasteiger partial charge in [-0.2, -0.15) is 0 Å². The van der Waals surface area contributed by atoms with Gasteiger partial charge in [0.05, 0.1) is 11.9 Å². The fraction of sp³-hybridized carbons (Fsp3) is 0.500. The lowest BCUT2D eigenvalue weighted by Crippen LogP contribution is -2.48. The molecular formula is C26H35N5O2.